The molecule has 14 heteroatoms. The first-order chi connectivity index (χ1) is 20.9. The van der Waals surface area contributed by atoms with Crippen molar-refractivity contribution < 1.29 is 46.6 Å². The average Bonchev–Trinajstić information content (AvgIpc) is 2.94. The number of hydrogen-bond donors (Lipinski definition) is 3. The van der Waals surface area contributed by atoms with Crippen LogP contribution in [0.25, 0.3) is 0 Å². The standard InChI is InChI=1S/C31H24Cl2F4N2O6/c1-16(29(43)44)28(42)39-30(2,3)9-8-17-4-6-24(23(33)10-17)38-26(40)15-45-25-7-5-20(32)14-22(25)27(41)18-11-19(31(35,36)37)13-21(34)12-18/h4-7,10-14,16H,15H2,1-3H3,(H,38,40)(H,39,42)(H,43,44). The molecule has 3 aromatic carbocycles. The van der Waals surface area contributed by atoms with Crippen molar-refractivity contribution in [2.75, 3.05) is 11.9 Å². The largest absolute Gasteiger partial charge is 0.483 e. The number of carbonyl (C=O) groups is 4. The van der Waals surface area contributed by atoms with Crippen molar-refractivity contribution in [1.82, 2.24) is 5.32 Å². The van der Waals surface area contributed by atoms with Crippen molar-refractivity contribution in [2.45, 2.75) is 32.5 Å². The van der Waals surface area contributed by atoms with E-state index in [9.17, 15) is 36.7 Å². The molecule has 0 aliphatic heterocycles. The molecule has 0 saturated carbocycles. The van der Waals surface area contributed by atoms with Gasteiger partial charge in [-0.3, -0.25) is 19.2 Å². The third kappa shape index (κ3) is 9.69. The van der Waals surface area contributed by atoms with Crippen LogP contribution in [-0.4, -0.2) is 40.8 Å². The molecule has 8 nitrogen and oxygen atoms in total. The van der Waals surface area contributed by atoms with Crippen molar-refractivity contribution in [2.24, 2.45) is 5.92 Å². The molecule has 0 bridgehead atoms. The molecule has 3 N–H and O–H groups in total. The molecule has 0 spiro atoms. The van der Waals surface area contributed by atoms with E-state index in [1.54, 1.807) is 13.8 Å². The van der Waals surface area contributed by atoms with Gasteiger partial charge in [0.25, 0.3) is 5.91 Å². The summed E-state index contributed by atoms with van der Waals surface area (Å²) in [5, 5.41) is 14.2. The predicted molar refractivity (Wildman–Crippen MR) is 158 cm³/mol. The van der Waals surface area contributed by atoms with E-state index in [0.717, 1.165) is 6.07 Å². The fourth-order valence-electron chi connectivity index (χ4n) is 3.66. The Balaban J connectivity index is 1.71. The average molecular weight is 667 g/mol. The highest BCUT2D eigenvalue weighted by Crippen LogP contribution is 2.32. The lowest BCUT2D eigenvalue weighted by molar-refractivity contribution is -0.146. The molecule has 1 unspecified atom stereocenters. The maximum atomic E-state index is 13.9. The number of nitrogens with one attached hydrogen (secondary N) is 2. The molecule has 45 heavy (non-hydrogen) atoms. The van der Waals surface area contributed by atoms with E-state index in [4.69, 9.17) is 33.0 Å². The Labute approximate surface area is 264 Å². The van der Waals surface area contributed by atoms with Gasteiger partial charge in [0, 0.05) is 16.1 Å². The minimum Gasteiger partial charge on any atom is -0.483 e. The van der Waals surface area contributed by atoms with Gasteiger partial charge in [0.1, 0.15) is 17.5 Å². The number of ether oxygens (including phenoxy) is 1. The Hall–Kier alpha value is -4.60. The van der Waals surface area contributed by atoms with Crippen molar-refractivity contribution in [3.63, 3.8) is 0 Å². The number of anilines is 1. The van der Waals surface area contributed by atoms with Gasteiger partial charge in [-0.2, -0.15) is 13.2 Å². The van der Waals surface area contributed by atoms with E-state index in [-0.39, 0.29) is 33.1 Å². The SMILES string of the molecule is CC(C(=O)O)C(=O)NC(C)(C)C#Cc1ccc(NC(=O)COc2ccc(Cl)cc2C(=O)c2cc(F)cc(C(F)(F)F)c2)c(Cl)c1. The van der Waals surface area contributed by atoms with E-state index in [1.165, 1.54) is 37.3 Å². The normalized spacial score (nSPS) is 11.9. The molecule has 2 amide bonds. The first-order valence-corrected chi connectivity index (χ1v) is 13.6. The molecule has 0 aliphatic rings. The molecular formula is C31H24Cl2F4N2O6. The highest BCUT2D eigenvalue weighted by atomic mass is 35.5. The summed E-state index contributed by atoms with van der Waals surface area (Å²) in [7, 11) is 0. The van der Waals surface area contributed by atoms with Crippen LogP contribution < -0.4 is 15.4 Å². The summed E-state index contributed by atoms with van der Waals surface area (Å²) in [5.74, 6) is -0.820. The number of rotatable bonds is 9. The Morgan fingerprint density at radius 3 is 2.31 bits per heavy atom. The molecule has 0 heterocycles. The first-order valence-electron chi connectivity index (χ1n) is 12.9. The number of alkyl halides is 3. The zero-order valence-electron chi connectivity index (χ0n) is 23.7. The molecule has 236 valence electrons. The minimum atomic E-state index is -4.90. The van der Waals surface area contributed by atoms with Crippen LogP contribution in [0.4, 0.5) is 23.2 Å². The molecular weight excluding hydrogens is 643 g/mol. The summed E-state index contributed by atoms with van der Waals surface area (Å²) in [6.45, 7) is 3.76. The number of halogens is 6. The van der Waals surface area contributed by atoms with E-state index < -0.39 is 64.8 Å². The van der Waals surface area contributed by atoms with Gasteiger partial charge in [-0.1, -0.05) is 35.0 Å². The second-order valence-corrected chi connectivity index (χ2v) is 11.0. The highest BCUT2D eigenvalue weighted by Gasteiger charge is 2.32. The number of aliphatic carboxylic acids is 1. The summed E-state index contributed by atoms with van der Waals surface area (Å²) in [6, 6.07) is 9.48. The second-order valence-electron chi connectivity index (χ2n) is 10.2. The molecule has 1 atom stereocenters. The van der Waals surface area contributed by atoms with Gasteiger partial charge >= 0.3 is 12.1 Å². The van der Waals surface area contributed by atoms with Gasteiger partial charge in [-0.15, -0.1) is 0 Å². The van der Waals surface area contributed by atoms with Crippen LogP contribution >= 0.6 is 23.2 Å². The van der Waals surface area contributed by atoms with Gasteiger partial charge < -0.3 is 20.5 Å². The van der Waals surface area contributed by atoms with Crippen molar-refractivity contribution in [3.05, 3.63) is 92.7 Å². The van der Waals surface area contributed by atoms with E-state index in [1.807, 2.05) is 0 Å². The number of ketones is 1. The smallest absolute Gasteiger partial charge is 0.416 e. The zero-order valence-corrected chi connectivity index (χ0v) is 25.2. The number of amides is 2. The van der Waals surface area contributed by atoms with Crippen LogP contribution in [0.1, 0.15) is 47.8 Å². The lowest BCUT2D eigenvalue weighted by atomic mass is 10.00. The van der Waals surface area contributed by atoms with Gasteiger partial charge in [-0.05, 0) is 75.4 Å². The van der Waals surface area contributed by atoms with Crippen LogP contribution in [0.3, 0.4) is 0 Å². The van der Waals surface area contributed by atoms with E-state index in [0.29, 0.717) is 17.7 Å². The predicted octanol–water partition coefficient (Wildman–Crippen LogP) is 6.37. The van der Waals surface area contributed by atoms with Crippen LogP contribution in [0.2, 0.25) is 10.0 Å². The second kappa shape index (κ2) is 14.0. The third-order valence-electron chi connectivity index (χ3n) is 5.99. The number of carbonyl (C=O) groups excluding carboxylic acids is 3. The molecule has 0 saturated heterocycles. The Kier molecular flexibility index (Phi) is 10.9. The van der Waals surface area contributed by atoms with Gasteiger partial charge in [0.2, 0.25) is 5.91 Å². The lowest BCUT2D eigenvalue weighted by Gasteiger charge is -2.21. The number of carboxylic acids is 1. The maximum Gasteiger partial charge on any atom is 0.416 e. The van der Waals surface area contributed by atoms with Crippen LogP contribution in [0.15, 0.2) is 54.6 Å². The third-order valence-corrected chi connectivity index (χ3v) is 6.54. The maximum absolute atomic E-state index is 13.9. The van der Waals surface area contributed by atoms with Crippen molar-refractivity contribution in [1.29, 1.82) is 0 Å². The summed E-state index contributed by atoms with van der Waals surface area (Å²) >= 11 is 12.3. The van der Waals surface area contributed by atoms with Gasteiger partial charge in [0.15, 0.2) is 12.4 Å². The van der Waals surface area contributed by atoms with E-state index in [2.05, 4.69) is 22.5 Å². The lowest BCUT2D eigenvalue weighted by Crippen LogP contribution is -2.46. The Bertz CT molecular complexity index is 1730. The molecule has 0 aliphatic carbocycles. The van der Waals surface area contributed by atoms with Crippen molar-refractivity contribution in [3.8, 4) is 17.6 Å². The van der Waals surface area contributed by atoms with Gasteiger partial charge in [-0.25, -0.2) is 4.39 Å². The topological polar surface area (TPSA) is 122 Å². The summed E-state index contributed by atoms with van der Waals surface area (Å²) in [5.41, 5.74) is -2.75. The fraction of sp³-hybridized carbons (Fsp3) is 0.226. The molecule has 3 aromatic rings. The zero-order chi connectivity index (χ0) is 33.7. The summed E-state index contributed by atoms with van der Waals surface area (Å²) in [6.07, 6.45) is -4.90. The molecule has 3 rings (SSSR count). The number of benzene rings is 3. The molecule has 0 fully saturated rings. The van der Waals surface area contributed by atoms with Gasteiger partial charge in [0.05, 0.1) is 27.4 Å². The van der Waals surface area contributed by atoms with E-state index >= 15 is 0 Å². The summed E-state index contributed by atoms with van der Waals surface area (Å²) < 4.78 is 58.8. The summed E-state index contributed by atoms with van der Waals surface area (Å²) in [4.78, 5) is 48.7. The fourth-order valence-corrected chi connectivity index (χ4v) is 4.06. The quantitative estimate of drug-likeness (QED) is 0.106. The first kappa shape index (κ1) is 34.9. The molecule has 0 aromatic heterocycles. The van der Waals surface area contributed by atoms with Crippen LogP contribution in [0.5, 0.6) is 5.75 Å². The minimum absolute atomic E-state index is 0.0400. The van der Waals surface area contributed by atoms with Crippen molar-refractivity contribution >= 4 is 52.5 Å². The Morgan fingerprint density at radius 2 is 1.69 bits per heavy atom. The van der Waals surface area contributed by atoms with Crippen LogP contribution in [0, 0.1) is 23.6 Å². The number of carboxylic acid groups (broad SMARTS) is 1. The number of hydrogen-bond acceptors (Lipinski definition) is 5. The Morgan fingerprint density at radius 1 is 1.00 bits per heavy atom. The molecule has 0 radical (unpaired) electrons. The highest BCUT2D eigenvalue weighted by molar-refractivity contribution is 6.34. The van der Waals surface area contributed by atoms with Crippen LogP contribution in [-0.2, 0) is 20.6 Å². The monoisotopic (exact) mass is 666 g/mol.